The van der Waals surface area contributed by atoms with Gasteiger partial charge in [0.25, 0.3) is 23.6 Å². The number of ether oxygens (including phenoxy) is 1. The van der Waals surface area contributed by atoms with Crippen molar-refractivity contribution >= 4 is 45.2 Å². The molecule has 0 aliphatic carbocycles. The molecule has 0 aromatic heterocycles. The molecule has 0 radical (unpaired) electrons. The van der Waals surface area contributed by atoms with Crippen molar-refractivity contribution < 1.29 is 82.1 Å². The van der Waals surface area contributed by atoms with E-state index in [9.17, 15) is 19.2 Å². The van der Waals surface area contributed by atoms with Crippen molar-refractivity contribution in [3.05, 3.63) is 100 Å². The topological polar surface area (TPSA) is 98.1 Å². The van der Waals surface area contributed by atoms with E-state index in [2.05, 4.69) is 5.32 Å². The second-order valence-corrected chi connectivity index (χ2v) is 9.28. The first-order valence-corrected chi connectivity index (χ1v) is 12.5. The molecule has 0 bridgehead atoms. The van der Waals surface area contributed by atoms with E-state index in [1.807, 2.05) is 36.4 Å². The number of hydrogen-bond acceptors (Lipinski definition) is 5. The molecule has 0 saturated carbocycles. The minimum Gasteiger partial charge on any atom is -0.661 e. The fourth-order valence-corrected chi connectivity index (χ4v) is 5.20. The minimum absolute atomic E-state index is 0. The van der Waals surface area contributed by atoms with Crippen LogP contribution in [0.15, 0.2) is 72.8 Å². The van der Waals surface area contributed by atoms with Crippen LogP contribution in [0.25, 0.3) is 26.9 Å². The Hall–Kier alpha value is -2.59. The number of benzene rings is 4. The summed E-state index contributed by atoms with van der Waals surface area (Å²) in [5, 5.41) is 7.57. The zero-order chi connectivity index (χ0) is 26.2. The predicted molar refractivity (Wildman–Crippen MR) is 142 cm³/mol. The zero-order valence-corrected chi connectivity index (χ0v) is 26.5. The van der Waals surface area contributed by atoms with Gasteiger partial charge in [0.1, 0.15) is 6.73 Å². The minimum atomic E-state index is -0.364. The second kappa shape index (κ2) is 11.9. The van der Waals surface area contributed by atoms with Crippen LogP contribution in [0.3, 0.4) is 0 Å². The van der Waals surface area contributed by atoms with Crippen LogP contribution in [0.1, 0.15) is 47.9 Å². The van der Waals surface area contributed by atoms with Crippen molar-refractivity contribution in [2.75, 3.05) is 33.0 Å². The molecule has 0 spiro atoms. The average Bonchev–Trinajstić information content (AvgIpc) is 2.94. The number of amides is 4. The first-order chi connectivity index (χ1) is 18.6. The third kappa shape index (κ3) is 5.06. The maximum atomic E-state index is 12.9. The van der Waals surface area contributed by atoms with Gasteiger partial charge in [0.15, 0.2) is 0 Å². The van der Waals surface area contributed by atoms with Gasteiger partial charge in [-0.1, -0.05) is 48.5 Å². The number of carbonyl (C=O) groups excluding carboxylic acids is 4. The van der Waals surface area contributed by atoms with Crippen LogP contribution in [0.5, 0.6) is 0 Å². The van der Waals surface area contributed by atoms with Crippen LogP contribution >= 0.6 is 0 Å². The largest absolute Gasteiger partial charge is 1.00 e. The summed E-state index contributed by atoms with van der Waals surface area (Å²) in [5.41, 5.74) is 2.06. The first kappa shape index (κ1) is 28.0. The van der Waals surface area contributed by atoms with E-state index in [1.54, 1.807) is 36.4 Å². The Kier molecular flexibility index (Phi) is 8.51. The smallest absolute Gasteiger partial charge is 0.661 e. The molecule has 190 valence electrons. The quantitative estimate of drug-likeness (QED) is 0.218. The predicted octanol–water partition coefficient (Wildman–Crippen LogP) is 1.63. The van der Waals surface area contributed by atoms with Gasteiger partial charge in [0.05, 0.1) is 0 Å². The summed E-state index contributed by atoms with van der Waals surface area (Å²) in [6, 6.07) is 21.8. The normalized spacial score (nSPS) is 14.4. The van der Waals surface area contributed by atoms with Crippen molar-refractivity contribution in [2.45, 2.75) is 6.42 Å². The summed E-state index contributed by atoms with van der Waals surface area (Å²) in [5.74, 6) is -1.33. The van der Waals surface area contributed by atoms with Crippen molar-refractivity contribution in [3.8, 4) is 0 Å². The maximum Gasteiger partial charge on any atom is 1.00 e. The van der Waals surface area contributed by atoms with Crippen LogP contribution in [0.2, 0.25) is 0 Å². The van der Waals surface area contributed by atoms with Gasteiger partial charge in [-0.25, -0.2) is 0 Å². The molecule has 4 amide bonds. The summed E-state index contributed by atoms with van der Waals surface area (Å²) < 4.78 is 5.63. The number of rotatable bonds is 9. The van der Waals surface area contributed by atoms with E-state index >= 15 is 0 Å². The van der Waals surface area contributed by atoms with E-state index < -0.39 is 0 Å². The Morgan fingerprint density at radius 2 is 1.03 bits per heavy atom. The standard InChI is InChI=1S/C30H24N3O5.Rb/c34-27-21-10-1-6-19-7-2-11-22(25(19)21)28(35)32(27)16-15-31-14-5-17-38-18-33-29(36)23-12-3-8-20-9-4-13-24(26(20)23)30(33)37;/h1-4,6-13H,5,14-18H2;/q-1;+1. The summed E-state index contributed by atoms with van der Waals surface area (Å²) in [6.07, 6.45) is 0.576. The fourth-order valence-electron chi connectivity index (χ4n) is 5.20. The molecule has 0 N–H and O–H groups in total. The van der Waals surface area contributed by atoms with Crippen LogP contribution in [0, 0.1) is 0 Å². The SMILES string of the molecule is O=C1c2cccc3cccc(c23)C(=O)N1CC[N-]CCCOCN1C(=O)c2cccc3cccc(c23)C1=O.[Rb+]. The van der Waals surface area contributed by atoms with E-state index in [0.29, 0.717) is 59.1 Å². The Morgan fingerprint density at radius 1 is 0.590 bits per heavy atom. The number of nitrogens with zero attached hydrogens (tertiary/aromatic N) is 3. The molecule has 0 unspecified atom stereocenters. The van der Waals surface area contributed by atoms with Crippen molar-refractivity contribution in [1.29, 1.82) is 0 Å². The van der Waals surface area contributed by atoms with Crippen LogP contribution in [-0.4, -0.2) is 66.4 Å². The molecular formula is C30H24N3O5Rb. The number of carbonyl (C=O) groups is 4. The van der Waals surface area contributed by atoms with Crippen molar-refractivity contribution in [3.63, 3.8) is 0 Å². The molecule has 0 saturated heterocycles. The molecule has 9 heteroatoms. The molecular weight excluding hydrogens is 568 g/mol. The summed E-state index contributed by atoms with van der Waals surface area (Å²) in [6.45, 7) is 1.16. The van der Waals surface area contributed by atoms with Crippen LogP contribution in [-0.2, 0) is 4.74 Å². The number of imide groups is 2. The van der Waals surface area contributed by atoms with Crippen molar-refractivity contribution in [1.82, 2.24) is 9.80 Å². The van der Waals surface area contributed by atoms with Gasteiger partial charge in [-0.15, -0.1) is 13.1 Å². The molecule has 0 fully saturated rings. The first-order valence-electron chi connectivity index (χ1n) is 12.5. The van der Waals surface area contributed by atoms with Gasteiger partial charge < -0.3 is 10.1 Å². The molecule has 2 heterocycles. The molecule has 6 rings (SSSR count). The molecule has 2 aliphatic heterocycles. The van der Waals surface area contributed by atoms with E-state index in [1.165, 1.54) is 4.90 Å². The Balaban J connectivity index is 0.00000308. The Morgan fingerprint density at radius 3 is 1.49 bits per heavy atom. The molecule has 0 atom stereocenters. The second-order valence-electron chi connectivity index (χ2n) is 9.28. The van der Waals surface area contributed by atoms with Gasteiger partial charge in [0, 0.05) is 46.2 Å². The molecule has 4 aromatic carbocycles. The van der Waals surface area contributed by atoms with Gasteiger partial charge in [-0.05, 0) is 41.5 Å². The Bertz CT molecular complexity index is 1410. The molecule has 39 heavy (non-hydrogen) atoms. The summed E-state index contributed by atoms with van der Waals surface area (Å²) in [4.78, 5) is 54.1. The molecule has 4 aromatic rings. The fraction of sp³-hybridized carbons (Fsp3) is 0.200. The van der Waals surface area contributed by atoms with Crippen LogP contribution < -0.4 is 58.2 Å². The Labute approximate surface area is 274 Å². The summed E-state index contributed by atoms with van der Waals surface area (Å²) in [7, 11) is 0. The third-order valence-electron chi connectivity index (χ3n) is 7.02. The third-order valence-corrected chi connectivity index (χ3v) is 7.02. The maximum absolute atomic E-state index is 12.9. The van der Waals surface area contributed by atoms with Gasteiger partial charge in [-0.2, -0.15) is 0 Å². The van der Waals surface area contributed by atoms with E-state index in [4.69, 9.17) is 4.74 Å². The molecule has 2 aliphatic rings. The van der Waals surface area contributed by atoms with Gasteiger partial charge in [-0.3, -0.25) is 29.0 Å². The monoisotopic (exact) mass is 591 g/mol. The van der Waals surface area contributed by atoms with Crippen molar-refractivity contribution in [2.24, 2.45) is 0 Å². The van der Waals surface area contributed by atoms with Gasteiger partial charge in [0.2, 0.25) is 0 Å². The summed E-state index contributed by atoms with van der Waals surface area (Å²) >= 11 is 0. The number of hydrogen-bond donors (Lipinski definition) is 0. The van der Waals surface area contributed by atoms with E-state index in [-0.39, 0.29) is 95.1 Å². The van der Waals surface area contributed by atoms with E-state index in [0.717, 1.165) is 15.7 Å². The van der Waals surface area contributed by atoms with Crippen LogP contribution in [0.4, 0.5) is 0 Å². The average molecular weight is 592 g/mol. The zero-order valence-electron chi connectivity index (χ0n) is 21.6. The molecule has 8 nitrogen and oxygen atoms in total. The van der Waals surface area contributed by atoms with Gasteiger partial charge >= 0.3 is 58.2 Å².